The number of nitrogens with two attached hydrogens (primary N) is 1. The largest absolute Gasteiger partial charge is 0.368 e. The molecule has 0 bridgehead atoms. The summed E-state index contributed by atoms with van der Waals surface area (Å²) in [6, 6.07) is 8.76. The smallest absolute Gasteiger partial charge is 0.253 e. The van der Waals surface area contributed by atoms with E-state index in [-0.39, 0.29) is 11.4 Å². The molecule has 1 heterocycles. The van der Waals surface area contributed by atoms with Crippen LogP contribution in [0.15, 0.2) is 58.4 Å². The quantitative estimate of drug-likeness (QED) is 0.579. The number of primary amides is 1. The fourth-order valence-electron chi connectivity index (χ4n) is 2.35. The Kier molecular flexibility index (Phi) is 4.49. The maximum absolute atomic E-state index is 11.9. The number of nitrogens with one attached hydrogen (secondary N) is 2. The Morgan fingerprint density at radius 2 is 1.60 bits per heavy atom. The van der Waals surface area contributed by atoms with Gasteiger partial charge < -0.3 is 16.4 Å². The molecule has 0 aliphatic heterocycles. The van der Waals surface area contributed by atoms with Gasteiger partial charge in [-0.15, -0.1) is 0 Å². The van der Waals surface area contributed by atoms with E-state index in [4.69, 9.17) is 17.3 Å². The summed E-state index contributed by atoms with van der Waals surface area (Å²) in [7, 11) is 0. The van der Waals surface area contributed by atoms with Crippen molar-refractivity contribution in [2.45, 2.75) is 6.04 Å². The molecule has 8 heteroatoms. The van der Waals surface area contributed by atoms with E-state index < -0.39 is 22.8 Å². The first kappa shape index (κ1) is 16.7. The molecule has 0 aliphatic rings. The van der Waals surface area contributed by atoms with E-state index in [1.807, 2.05) is 0 Å². The number of carbonyl (C=O) groups excluding carboxylic acids is 1. The third-order valence-corrected chi connectivity index (χ3v) is 3.89. The van der Waals surface area contributed by atoms with Crippen LogP contribution in [-0.4, -0.2) is 10.9 Å². The Hall–Kier alpha value is -3.19. The minimum atomic E-state index is -0.974. The van der Waals surface area contributed by atoms with E-state index in [0.29, 0.717) is 16.3 Å². The van der Waals surface area contributed by atoms with Crippen molar-refractivity contribution in [2.75, 3.05) is 10.6 Å². The molecule has 0 saturated carbocycles. The van der Waals surface area contributed by atoms with Crippen molar-refractivity contribution in [1.82, 2.24) is 4.98 Å². The second kappa shape index (κ2) is 6.74. The summed E-state index contributed by atoms with van der Waals surface area (Å²) < 4.78 is 0. The SMILES string of the molecule is NC(=O)[C@H](Nc1c(Nc2ccncc2)c(=O)c1=O)c1ccc(Cl)cc1. The molecule has 4 N–H and O–H groups in total. The summed E-state index contributed by atoms with van der Waals surface area (Å²) >= 11 is 5.84. The summed E-state index contributed by atoms with van der Waals surface area (Å²) in [5, 5.41) is 6.10. The summed E-state index contributed by atoms with van der Waals surface area (Å²) in [6.07, 6.45) is 3.09. The third-order valence-electron chi connectivity index (χ3n) is 3.64. The molecule has 0 saturated heterocycles. The summed E-state index contributed by atoms with van der Waals surface area (Å²) in [5.74, 6) is -0.690. The van der Waals surface area contributed by atoms with Crippen molar-refractivity contribution in [3.63, 3.8) is 0 Å². The van der Waals surface area contributed by atoms with E-state index >= 15 is 0 Å². The lowest BCUT2D eigenvalue weighted by atomic mass is 10.0. The van der Waals surface area contributed by atoms with Gasteiger partial charge in [-0.3, -0.25) is 19.4 Å². The van der Waals surface area contributed by atoms with Crippen LogP contribution in [0.5, 0.6) is 0 Å². The predicted octanol–water partition coefficient (Wildman–Crippen LogP) is 1.71. The number of aromatic nitrogens is 1. The zero-order chi connectivity index (χ0) is 18.0. The molecule has 0 radical (unpaired) electrons. The molecule has 3 aromatic rings. The van der Waals surface area contributed by atoms with E-state index in [1.165, 1.54) is 0 Å². The van der Waals surface area contributed by atoms with Gasteiger partial charge >= 0.3 is 0 Å². The van der Waals surface area contributed by atoms with Gasteiger partial charge in [-0.25, -0.2) is 0 Å². The van der Waals surface area contributed by atoms with Crippen LogP contribution in [0.4, 0.5) is 17.1 Å². The fourth-order valence-corrected chi connectivity index (χ4v) is 2.47. The second-order valence-electron chi connectivity index (χ2n) is 5.30. The summed E-state index contributed by atoms with van der Waals surface area (Å²) in [6.45, 7) is 0. The van der Waals surface area contributed by atoms with Crippen LogP contribution in [0.2, 0.25) is 5.02 Å². The maximum Gasteiger partial charge on any atom is 0.253 e. The van der Waals surface area contributed by atoms with Crippen molar-refractivity contribution in [3.8, 4) is 0 Å². The second-order valence-corrected chi connectivity index (χ2v) is 5.74. The van der Waals surface area contributed by atoms with Gasteiger partial charge in [0, 0.05) is 23.1 Å². The highest BCUT2D eigenvalue weighted by molar-refractivity contribution is 6.30. The standard InChI is InChI=1S/C17H13ClN4O3/c18-10-3-1-9(2-4-10)12(17(19)25)22-14-13(15(23)16(14)24)21-11-5-7-20-8-6-11/h1-8,12,22H,(H2,19,25)(H,20,21)/t12-/m1/s1. The minimum absolute atomic E-state index is 0.0144. The highest BCUT2D eigenvalue weighted by Crippen LogP contribution is 2.25. The van der Waals surface area contributed by atoms with Crippen LogP contribution in [0.3, 0.4) is 0 Å². The molecule has 25 heavy (non-hydrogen) atoms. The first-order chi connectivity index (χ1) is 12.0. The van der Waals surface area contributed by atoms with Crippen LogP contribution in [0.25, 0.3) is 0 Å². The number of pyridine rings is 1. The van der Waals surface area contributed by atoms with Crippen molar-refractivity contribution in [3.05, 3.63) is 79.8 Å². The molecule has 1 amide bonds. The molecular formula is C17H13ClN4O3. The molecule has 0 aliphatic carbocycles. The molecular weight excluding hydrogens is 344 g/mol. The number of carbonyl (C=O) groups is 1. The van der Waals surface area contributed by atoms with Gasteiger partial charge in [-0.05, 0) is 29.8 Å². The Morgan fingerprint density at radius 3 is 2.20 bits per heavy atom. The summed E-state index contributed by atoms with van der Waals surface area (Å²) in [5.41, 5.74) is 5.26. The lowest BCUT2D eigenvalue weighted by Gasteiger charge is -2.20. The van der Waals surface area contributed by atoms with E-state index in [0.717, 1.165) is 0 Å². The van der Waals surface area contributed by atoms with Gasteiger partial charge in [0.25, 0.3) is 10.9 Å². The van der Waals surface area contributed by atoms with Gasteiger partial charge in [0.1, 0.15) is 17.4 Å². The summed E-state index contributed by atoms with van der Waals surface area (Å²) in [4.78, 5) is 39.4. The molecule has 126 valence electrons. The zero-order valence-corrected chi connectivity index (χ0v) is 13.6. The maximum atomic E-state index is 11.9. The van der Waals surface area contributed by atoms with Crippen LogP contribution in [0.1, 0.15) is 11.6 Å². The molecule has 7 nitrogen and oxygen atoms in total. The monoisotopic (exact) mass is 356 g/mol. The topological polar surface area (TPSA) is 114 Å². The van der Waals surface area contributed by atoms with Crippen molar-refractivity contribution < 1.29 is 4.79 Å². The molecule has 3 rings (SSSR count). The average Bonchev–Trinajstić information content (AvgIpc) is 2.62. The van der Waals surface area contributed by atoms with Gasteiger partial charge in [-0.1, -0.05) is 23.7 Å². The predicted molar refractivity (Wildman–Crippen MR) is 95.9 cm³/mol. The van der Waals surface area contributed by atoms with Crippen LogP contribution >= 0.6 is 11.6 Å². The van der Waals surface area contributed by atoms with Crippen LogP contribution in [-0.2, 0) is 4.79 Å². The number of rotatable bonds is 6. The number of anilines is 3. The number of benzene rings is 1. The molecule has 0 spiro atoms. The highest BCUT2D eigenvalue weighted by Gasteiger charge is 2.26. The van der Waals surface area contributed by atoms with Crippen LogP contribution < -0.4 is 27.2 Å². The average molecular weight is 357 g/mol. The molecule has 0 unspecified atom stereocenters. The number of nitrogens with zero attached hydrogens (tertiary/aromatic N) is 1. The zero-order valence-electron chi connectivity index (χ0n) is 12.8. The Labute approximate surface area is 147 Å². The van der Waals surface area contributed by atoms with E-state index in [9.17, 15) is 14.4 Å². The molecule has 2 aromatic carbocycles. The Balaban J connectivity index is 1.90. The molecule has 1 aromatic heterocycles. The lowest BCUT2D eigenvalue weighted by molar-refractivity contribution is -0.118. The van der Waals surface area contributed by atoms with Crippen LogP contribution in [0, 0.1) is 0 Å². The number of amides is 1. The van der Waals surface area contributed by atoms with Crippen molar-refractivity contribution >= 4 is 34.6 Å². The number of hydrogen-bond acceptors (Lipinski definition) is 6. The van der Waals surface area contributed by atoms with Crippen molar-refractivity contribution in [1.29, 1.82) is 0 Å². The number of halogens is 1. The number of hydrogen-bond donors (Lipinski definition) is 3. The minimum Gasteiger partial charge on any atom is -0.368 e. The van der Waals surface area contributed by atoms with Crippen molar-refractivity contribution in [2.24, 2.45) is 5.73 Å². The van der Waals surface area contributed by atoms with Gasteiger partial charge in [0.2, 0.25) is 5.91 Å². The fraction of sp³-hybridized carbons (Fsp3) is 0.0588. The molecule has 0 fully saturated rings. The highest BCUT2D eigenvalue weighted by atomic mass is 35.5. The third kappa shape index (κ3) is 3.36. The lowest BCUT2D eigenvalue weighted by Crippen LogP contribution is -2.39. The van der Waals surface area contributed by atoms with Gasteiger partial charge in [0.15, 0.2) is 0 Å². The normalized spacial score (nSPS) is 11.9. The van der Waals surface area contributed by atoms with Gasteiger partial charge in [-0.2, -0.15) is 0 Å². The molecule has 1 atom stereocenters. The van der Waals surface area contributed by atoms with E-state index in [2.05, 4.69) is 15.6 Å². The first-order valence-corrected chi connectivity index (χ1v) is 7.67. The Morgan fingerprint density at radius 1 is 1.00 bits per heavy atom. The van der Waals surface area contributed by atoms with E-state index in [1.54, 1.807) is 48.8 Å². The van der Waals surface area contributed by atoms with Gasteiger partial charge in [0.05, 0.1) is 0 Å². The Bertz CT molecular complexity index is 980. The first-order valence-electron chi connectivity index (χ1n) is 7.29.